The third kappa shape index (κ3) is 6.77. The maximum absolute atomic E-state index is 10.5. The topological polar surface area (TPSA) is 127 Å². The summed E-state index contributed by atoms with van der Waals surface area (Å²) in [6.45, 7) is 12.3. The van der Waals surface area contributed by atoms with Gasteiger partial charge in [0, 0.05) is 31.6 Å². The SMILES string of the molecule is Cc1cc(/C=C/CCN2CCC3(CC2)CNC3)ccc1CC1=C(C(C)C)CN=C1O[C@@H]1O[C@H](CO)[C@@H](O)[C@H](O)[C@H]1O. The molecule has 0 radical (unpaired) electrons. The number of likely N-dealkylation sites (tertiary alicyclic amines) is 1. The summed E-state index contributed by atoms with van der Waals surface area (Å²) in [5.41, 5.74) is 6.22. The first-order valence-electron chi connectivity index (χ1n) is 15.1. The summed E-state index contributed by atoms with van der Waals surface area (Å²) in [5.74, 6) is 0.626. The first kappa shape index (κ1) is 30.4. The normalized spacial score (nSPS) is 30.3. The number of ether oxygens (including phenoxy) is 2. The molecule has 226 valence electrons. The van der Waals surface area contributed by atoms with Gasteiger partial charge >= 0.3 is 0 Å². The van der Waals surface area contributed by atoms with Gasteiger partial charge in [0.25, 0.3) is 0 Å². The second kappa shape index (κ2) is 13.0. The van der Waals surface area contributed by atoms with E-state index in [0.29, 0.717) is 24.3 Å². The van der Waals surface area contributed by atoms with E-state index in [9.17, 15) is 20.4 Å². The summed E-state index contributed by atoms with van der Waals surface area (Å²) in [6.07, 6.45) is 2.11. The van der Waals surface area contributed by atoms with Crippen molar-refractivity contribution in [2.75, 3.05) is 45.9 Å². The lowest BCUT2D eigenvalue weighted by molar-refractivity contribution is -0.281. The number of nitrogens with zero attached hydrogens (tertiary/aromatic N) is 2. The van der Waals surface area contributed by atoms with E-state index in [1.165, 1.54) is 50.1 Å². The number of rotatable bonds is 9. The van der Waals surface area contributed by atoms with Gasteiger partial charge in [-0.1, -0.05) is 44.2 Å². The average molecular weight is 570 g/mol. The second-order valence-corrected chi connectivity index (χ2v) is 12.6. The van der Waals surface area contributed by atoms with Crippen LogP contribution in [0.3, 0.4) is 0 Å². The van der Waals surface area contributed by atoms with Crippen LogP contribution in [0.25, 0.3) is 6.08 Å². The van der Waals surface area contributed by atoms with Gasteiger partial charge in [-0.05, 0) is 72.9 Å². The van der Waals surface area contributed by atoms with Gasteiger partial charge in [-0.15, -0.1) is 0 Å². The van der Waals surface area contributed by atoms with E-state index in [-0.39, 0.29) is 5.92 Å². The number of hydrogen-bond donors (Lipinski definition) is 5. The molecule has 1 aromatic carbocycles. The number of benzene rings is 1. The molecule has 0 amide bonds. The van der Waals surface area contributed by atoms with Crippen LogP contribution in [0.15, 0.2) is 40.4 Å². The number of hydrogen-bond acceptors (Lipinski definition) is 9. The molecular weight excluding hydrogens is 522 g/mol. The maximum atomic E-state index is 10.5. The molecule has 0 aromatic heterocycles. The molecule has 0 aliphatic carbocycles. The van der Waals surface area contributed by atoms with Crippen molar-refractivity contribution in [3.63, 3.8) is 0 Å². The van der Waals surface area contributed by atoms with Gasteiger partial charge < -0.3 is 40.1 Å². The Bertz CT molecular complexity index is 1150. The van der Waals surface area contributed by atoms with Crippen LogP contribution in [0.2, 0.25) is 0 Å². The minimum atomic E-state index is -1.50. The number of aliphatic hydroxyl groups is 4. The highest BCUT2D eigenvalue weighted by Gasteiger charge is 2.45. The lowest BCUT2D eigenvalue weighted by Crippen LogP contribution is -2.59. The first-order chi connectivity index (χ1) is 19.7. The zero-order chi connectivity index (χ0) is 29.1. The molecule has 0 unspecified atom stereocenters. The van der Waals surface area contributed by atoms with Crippen LogP contribution in [0.4, 0.5) is 0 Å². The van der Waals surface area contributed by atoms with Crippen molar-refractivity contribution in [3.05, 3.63) is 52.1 Å². The molecule has 1 aromatic rings. The minimum Gasteiger partial charge on any atom is -0.445 e. The van der Waals surface area contributed by atoms with Gasteiger partial charge in [-0.25, -0.2) is 4.99 Å². The smallest absolute Gasteiger partial charge is 0.231 e. The van der Waals surface area contributed by atoms with E-state index in [1.807, 2.05) is 0 Å². The van der Waals surface area contributed by atoms with Crippen LogP contribution in [-0.2, 0) is 15.9 Å². The highest BCUT2D eigenvalue weighted by molar-refractivity contribution is 5.97. The molecule has 0 saturated carbocycles. The minimum absolute atomic E-state index is 0.253. The summed E-state index contributed by atoms with van der Waals surface area (Å²) in [5, 5.41) is 43.7. The number of piperidine rings is 1. The molecule has 9 heteroatoms. The van der Waals surface area contributed by atoms with Crippen molar-refractivity contribution >= 4 is 12.0 Å². The molecule has 5 N–H and O–H groups in total. The summed E-state index contributed by atoms with van der Waals surface area (Å²) < 4.78 is 11.6. The zero-order valence-corrected chi connectivity index (χ0v) is 24.6. The number of nitrogens with one attached hydrogen (secondary N) is 1. The summed E-state index contributed by atoms with van der Waals surface area (Å²) in [7, 11) is 0. The van der Waals surface area contributed by atoms with Gasteiger partial charge in [0.1, 0.15) is 24.4 Å². The van der Waals surface area contributed by atoms with Crippen molar-refractivity contribution in [1.29, 1.82) is 0 Å². The Hall–Kier alpha value is -2.11. The molecule has 5 atom stereocenters. The third-order valence-corrected chi connectivity index (χ3v) is 9.38. The quantitative estimate of drug-likeness (QED) is 0.305. The van der Waals surface area contributed by atoms with Crippen LogP contribution >= 0.6 is 0 Å². The fraction of sp³-hybridized carbons (Fsp3) is 0.656. The van der Waals surface area contributed by atoms with E-state index in [1.54, 1.807) is 0 Å². The van der Waals surface area contributed by atoms with Crippen molar-refractivity contribution in [1.82, 2.24) is 10.2 Å². The van der Waals surface area contributed by atoms with E-state index < -0.39 is 37.3 Å². The average Bonchev–Trinajstić information content (AvgIpc) is 3.34. The standard InChI is InChI=1S/C32H47N3O6/c1-20(2)25-16-34-30(41-31-29(39)28(38)27(37)26(17-36)40-31)24(25)15-23-8-7-22(14-21(23)3)6-4-5-11-35-12-9-32(10-13-35)18-33-19-32/h4,6-8,14,20,26-29,31,33,36-39H,5,9-13,15-19H2,1-3H3/b6-4+/t26-,27-,28+,29-,31+/m1/s1. The predicted octanol–water partition coefficient (Wildman–Crippen LogP) is 1.81. The Labute approximate surface area is 243 Å². The van der Waals surface area contributed by atoms with E-state index in [2.05, 4.69) is 66.3 Å². The van der Waals surface area contributed by atoms with Crippen LogP contribution in [0, 0.1) is 18.3 Å². The number of aliphatic hydroxyl groups excluding tert-OH is 4. The van der Waals surface area contributed by atoms with Crippen LogP contribution in [0.1, 0.15) is 49.8 Å². The molecule has 4 aliphatic heterocycles. The maximum Gasteiger partial charge on any atom is 0.231 e. The van der Waals surface area contributed by atoms with Gasteiger partial charge in [0.2, 0.25) is 12.2 Å². The van der Waals surface area contributed by atoms with Crippen LogP contribution in [0.5, 0.6) is 0 Å². The molecule has 0 bridgehead atoms. The molecule has 1 spiro atoms. The number of aliphatic imine (C=N–C) groups is 1. The van der Waals surface area contributed by atoms with Gasteiger partial charge in [-0.2, -0.15) is 0 Å². The predicted molar refractivity (Wildman–Crippen MR) is 159 cm³/mol. The van der Waals surface area contributed by atoms with E-state index in [0.717, 1.165) is 29.7 Å². The lowest BCUT2D eigenvalue weighted by atomic mass is 9.73. The molecule has 3 fully saturated rings. The third-order valence-electron chi connectivity index (χ3n) is 9.38. The molecule has 4 heterocycles. The lowest BCUT2D eigenvalue weighted by Gasteiger charge is -2.48. The Morgan fingerprint density at radius 2 is 1.90 bits per heavy atom. The van der Waals surface area contributed by atoms with Crippen molar-refractivity contribution in [3.8, 4) is 0 Å². The largest absolute Gasteiger partial charge is 0.445 e. The molecule has 4 aliphatic rings. The van der Waals surface area contributed by atoms with Crippen molar-refractivity contribution in [2.45, 2.75) is 77.2 Å². The van der Waals surface area contributed by atoms with Crippen LogP contribution in [-0.4, -0.2) is 108 Å². The molecule has 9 nitrogen and oxygen atoms in total. The Kier molecular flexibility index (Phi) is 9.65. The second-order valence-electron chi connectivity index (χ2n) is 12.6. The Morgan fingerprint density at radius 1 is 1.15 bits per heavy atom. The summed E-state index contributed by atoms with van der Waals surface area (Å²) in [6, 6.07) is 6.51. The Balaban J connectivity index is 1.19. The van der Waals surface area contributed by atoms with E-state index in [4.69, 9.17) is 9.47 Å². The fourth-order valence-electron chi connectivity index (χ4n) is 6.36. The molecule has 3 saturated heterocycles. The molecule has 41 heavy (non-hydrogen) atoms. The Morgan fingerprint density at radius 3 is 2.54 bits per heavy atom. The fourth-order valence-corrected chi connectivity index (χ4v) is 6.36. The monoisotopic (exact) mass is 569 g/mol. The molecule has 5 rings (SSSR count). The first-order valence-corrected chi connectivity index (χ1v) is 15.1. The van der Waals surface area contributed by atoms with Crippen molar-refractivity contribution < 1.29 is 29.9 Å². The zero-order valence-electron chi connectivity index (χ0n) is 24.6. The van der Waals surface area contributed by atoms with Gasteiger partial charge in [-0.3, -0.25) is 0 Å². The highest BCUT2D eigenvalue weighted by atomic mass is 16.7. The van der Waals surface area contributed by atoms with Crippen molar-refractivity contribution in [2.24, 2.45) is 16.3 Å². The van der Waals surface area contributed by atoms with Gasteiger partial charge in [0.15, 0.2) is 0 Å². The van der Waals surface area contributed by atoms with Gasteiger partial charge in [0.05, 0.1) is 13.2 Å². The van der Waals surface area contributed by atoms with Crippen LogP contribution < -0.4 is 5.32 Å². The highest BCUT2D eigenvalue weighted by Crippen LogP contribution is 2.35. The molecular formula is C32H47N3O6. The number of aryl methyl sites for hydroxylation is 1. The van der Waals surface area contributed by atoms with E-state index >= 15 is 0 Å². The summed E-state index contributed by atoms with van der Waals surface area (Å²) in [4.78, 5) is 7.19. The summed E-state index contributed by atoms with van der Waals surface area (Å²) >= 11 is 0.